The molecule has 188 valence electrons. The van der Waals surface area contributed by atoms with Crippen LogP contribution in [0.1, 0.15) is 58.5 Å². The molecule has 1 N–H and O–H groups in total. The lowest BCUT2D eigenvalue weighted by atomic mass is 10.2. The molecule has 4 aromatic heterocycles. The van der Waals surface area contributed by atoms with E-state index in [9.17, 15) is 9.59 Å². The van der Waals surface area contributed by atoms with Crippen molar-refractivity contribution in [2.75, 3.05) is 19.4 Å². The van der Waals surface area contributed by atoms with Crippen LogP contribution in [0.25, 0.3) is 22.1 Å². The fourth-order valence-electron chi connectivity index (χ4n) is 4.92. The molecular formula is C25H30N8O2S. The number of carbonyl (C=O) groups is 2. The summed E-state index contributed by atoms with van der Waals surface area (Å²) in [6.07, 6.45) is 6.14. The van der Waals surface area contributed by atoms with Gasteiger partial charge in [-0.2, -0.15) is 0 Å². The van der Waals surface area contributed by atoms with Crippen LogP contribution in [0.15, 0.2) is 12.4 Å². The first-order valence-corrected chi connectivity index (χ1v) is 13.2. The molecule has 36 heavy (non-hydrogen) atoms. The number of amides is 2. The summed E-state index contributed by atoms with van der Waals surface area (Å²) < 4.78 is 3.98. The summed E-state index contributed by atoms with van der Waals surface area (Å²) in [6, 6.07) is 2.74. The van der Waals surface area contributed by atoms with E-state index in [1.807, 2.05) is 36.1 Å². The highest BCUT2D eigenvalue weighted by molar-refractivity contribution is 7.17. The minimum Gasteiger partial charge on any atom is -0.344 e. The zero-order chi connectivity index (χ0) is 25.3. The fraction of sp³-hybridized carbons (Fsp3) is 0.480. The highest BCUT2D eigenvalue weighted by Gasteiger charge is 2.43. The number of pyridine rings is 1. The van der Waals surface area contributed by atoms with Gasteiger partial charge in [0.15, 0.2) is 10.9 Å². The lowest BCUT2D eigenvalue weighted by molar-refractivity contribution is 0.0719. The predicted molar refractivity (Wildman–Crippen MR) is 140 cm³/mol. The lowest BCUT2D eigenvalue weighted by Crippen LogP contribution is -2.36. The van der Waals surface area contributed by atoms with E-state index in [2.05, 4.69) is 20.2 Å². The summed E-state index contributed by atoms with van der Waals surface area (Å²) in [6.45, 7) is 4.50. The number of fused-ring (bicyclic) bond motifs is 3. The second-order valence-electron chi connectivity index (χ2n) is 9.96. The molecule has 4 heterocycles. The molecule has 0 bridgehead atoms. The fourth-order valence-corrected chi connectivity index (χ4v) is 5.90. The van der Waals surface area contributed by atoms with E-state index in [1.54, 1.807) is 25.3 Å². The number of imidazole rings is 1. The van der Waals surface area contributed by atoms with Crippen molar-refractivity contribution in [1.29, 1.82) is 0 Å². The largest absolute Gasteiger partial charge is 0.344 e. The van der Waals surface area contributed by atoms with Crippen molar-refractivity contribution >= 4 is 56.2 Å². The van der Waals surface area contributed by atoms with Crippen molar-refractivity contribution in [2.24, 2.45) is 7.05 Å². The molecule has 2 saturated carbocycles. The van der Waals surface area contributed by atoms with Crippen molar-refractivity contribution in [3.63, 3.8) is 0 Å². The molecular weight excluding hydrogens is 476 g/mol. The normalized spacial score (nSPS) is 15.6. The van der Waals surface area contributed by atoms with Gasteiger partial charge >= 0.3 is 0 Å². The highest BCUT2D eigenvalue weighted by Crippen LogP contribution is 2.40. The van der Waals surface area contributed by atoms with Gasteiger partial charge in [0.25, 0.3) is 11.8 Å². The van der Waals surface area contributed by atoms with Crippen LogP contribution < -0.4 is 5.32 Å². The number of anilines is 2. The van der Waals surface area contributed by atoms with Crippen molar-refractivity contribution in [1.82, 2.24) is 33.9 Å². The quantitative estimate of drug-likeness (QED) is 0.408. The molecule has 2 amide bonds. The molecule has 0 aromatic carbocycles. The number of aromatic nitrogens is 5. The van der Waals surface area contributed by atoms with Gasteiger partial charge in [-0.05, 0) is 45.6 Å². The zero-order valence-electron chi connectivity index (χ0n) is 21.2. The average molecular weight is 507 g/mol. The number of hydrogen-bond acceptors (Lipinski definition) is 7. The average Bonchev–Trinajstić information content (AvgIpc) is 3.76. The Morgan fingerprint density at radius 2 is 1.83 bits per heavy atom. The summed E-state index contributed by atoms with van der Waals surface area (Å²) in [4.78, 5) is 44.7. The Bertz CT molecular complexity index is 1510. The number of aryl methyl sites for hydroxylation is 3. The Labute approximate surface area is 212 Å². The molecule has 0 spiro atoms. The Morgan fingerprint density at radius 1 is 1.14 bits per heavy atom. The first kappa shape index (κ1) is 23.0. The van der Waals surface area contributed by atoms with Crippen LogP contribution in [0.4, 0.5) is 10.9 Å². The summed E-state index contributed by atoms with van der Waals surface area (Å²) in [5.41, 5.74) is 3.70. The maximum absolute atomic E-state index is 13.7. The van der Waals surface area contributed by atoms with Crippen LogP contribution in [0, 0.1) is 6.92 Å². The third-order valence-electron chi connectivity index (χ3n) is 6.98. The molecule has 0 radical (unpaired) electrons. The van der Waals surface area contributed by atoms with Crippen molar-refractivity contribution in [3.05, 3.63) is 28.7 Å². The topological polar surface area (TPSA) is 101 Å². The summed E-state index contributed by atoms with van der Waals surface area (Å²) >= 11 is 1.30. The van der Waals surface area contributed by atoms with Crippen molar-refractivity contribution in [3.8, 4) is 0 Å². The molecule has 0 aliphatic heterocycles. The van der Waals surface area contributed by atoms with Gasteiger partial charge in [-0.3, -0.25) is 9.59 Å². The van der Waals surface area contributed by atoms with Crippen molar-refractivity contribution < 1.29 is 9.59 Å². The first-order valence-electron chi connectivity index (χ1n) is 12.4. The predicted octanol–water partition coefficient (Wildman–Crippen LogP) is 3.92. The number of nitrogens with zero attached hydrogens (tertiary/aromatic N) is 7. The monoisotopic (exact) mass is 506 g/mol. The minimum absolute atomic E-state index is 0.0802. The van der Waals surface area contributed by atoms with E-state index in [1.165, 1.54) is 11.3 Å². The third kappa shape index (κ3) is 3.64. The number of nitrogens with one attached hydrogen (secondary N) is 1. The molecule has 0 atom stereocenters. The number of hydrogen-bond donors (Lipinski definition) is 1. The van der Waals surface area contributed by atoms with Gasteiger partial charge in [-0.1, -0.05) is 11.3 Å². The second-order valence-corrected chi connectivity index (χ2v) is 11.0. The molecule has 4 aromatic rings. The van der Waals surface area contributed by atoms with Crippen LogP contribution >= 0.6 is 11.3 Å². The van der Waals surface area contributed by atoms with E-state index >= 15 is 0 Å². The molecule has 2 aliphatic carbocycles. The van der Waals surface area contributed by atoms with Gasteiger partial charge in [0, 0.05) is 45.2 Å². The number of thiazole rings is 1. The molecule has 0 unspecified atom stereocenters. The van der Waals surface area contributed by atoms with Gasteiger partial charge in [0.2, 0.25) is 0 Å². The SMILES string of the molecule is CCn1c(C(=O)N(C2CC2)C2CC2)cc2c3c(ncn3C)c(Nc3nc(C)c(C(=O)N(C)C)s3)nc21. The van der Waals surface area contributed by atoms with Crippen molar-refractivity contribution in [2.45, 2.75) is 58.2 Å². The number of carbonyl (C=O) groups excluding carboxylic acids is 2. The Morgan fingerprint density at radius 3 is 2.44 bits per heavy atom. The van der Waals surface area contributed by atoms with E-state index < -0.39 is 0 Å². The smallest absolute Gasteiger partial charge is 0.271 e. The Balaban J connectivity index is 1.47. The Kier molecular flexibility index (Phi) is 5.29. The summed E-state index contributed by atoms with van der Waals surface area (Å²) in [5.74, 6) is 0.583. The van der Waals surface area contributed by atoms with E-state index in [0.717, 1.165) is 42.2 Å². The minimum atomic E-state index is -0.0802. The molecule has 11 heteroatoms. The van der Waals surface area contributed by atoms with Crippen LogP contribution in [0.2, 0.25) is 0 Å². The summed E-state index contributed by atoms with van der Waals surface area (Å²) in [7, 11) is 5.41. The number of rotatable bonds is 7. The Hall–Kier alpha value is -3.47. The zero-order valence-corrected chi connectivity index (χ0v) is 22.0. The van der Waals surface area contributed by atoms with Gasteiger partial charge in [0.1, 0.15) is 21.7 Å². The second kappa shape index (κ2) is 8.29. The standard InChI is InChI=1S/C25H30N8O2S/c1-6-32-17(23(34)33(14-7-8-14)15-9-10-15)11-16-19-18(26-12-31(19)5)21(28-22(16)32)29-25-27-13(2)20(36-25)24(35)30(3)4/h11-12,14-15H,6-10H2,1-5H3,(H,27,28,29). The van der Waals surface area contributed by atoms with Gasteiger partial charge < -0.3 is 24.3 Å². The van der Waals surface area contributed by atoms with Gasteiger partial charge in [-0.25, -0.2) is 15.0 Å². The van der Waals surface area contributed by atoms with Crippen LogP contribution in [-0.4, -0.2) is 71.9 Å². The third-order valence-corrected chi connectivity index (χ3v) is 8.04. The first-order chi connectivity index (χ1) is 17.3. The van der Waals surface area contributed by atoms with Crippen LogP contribution in [0.3, 0.4) is 0 Å². The molecule has 2 fully saturated rings. The maximum Gasteiger partial charge on any atom is 0.271 e. The maximum atomic E-state index is 13.7. The van der Waals surface area contributed by atoms with Crippen LogP contribution in [0.5, 0.6) is 0 Å². The highest BCUT2D eigenvalue weighted by atomic mass is 32.1. The summed E-state index contributed by atoms with van der Waals surface area (Å²) in [5, 5.41) is 4.81. The molecule has 10 nitrogen and oxygen atoms in total. The van der Waals surface area contributed by atoms with Gasteiger partial charge in [0.05, 0.1) is 17.5 Å². The van der Waals surface area contributed by atoms with E-state index in [0.29, 0.717) is 51.4 Å². The lowest BCUT2D eigenvalue weighted by Gasteiger charge is -2.22. The molecule has 2 aliphatic rings. The van der Waals surface area contributed by atoms with Gasteiger partial charge in [-0.15, -0.1) is 0 Å². The van der Waals surface area contributed by atoms with E-state index in [4.69, 9.17) is 4.98 Å². The van der Waals surface area contributed by atoms with E-state index in [-0.39, 0.29) is 11.8 Å². The molecule has 6 rings (SSSR count). The van der Waals surface area contributed by atoms with Crippen LogP contribution in [-0.2, 0) is 13.6 Å². The molecule has 0 saturated heterocycles.